The topological polar surface area (TPSA) is 62.2 Å². The summed E-state index contributed by atoms with van der Waals surface area (Å²) in [5, 5.41) is 21.2. The van der Waals surface area contributed by atoms with E-state index in [1.165, 1.54) is 0 Å². The zero-order valence-electron chi connectivity index (χ0n) is 14.2. The summed E-state index contributed by atoms with van der Waals surface area (Å²) in [5.41, 5.74) is 2.06. The molecule has 0 aliphatic carbocycles. The Labute approximate surface area is 137 Å². The van der Waals surface area contributed by atoms with Gasteiger partial charge in [0.05, 0.1) is 25.4 Å². The number of aliphatic hydroxyl groups is 2. The molecular weight excluding hydrogens is 294 g/mol. The third-order valence-electron chi connectivity index (χ3n) is 5.26. The molecular formula is C18H27NO4. The molecule has 2 saturated heterocycles. The molecule has 2 atom stereocenters. The third-order valence-corrected chi connectivity index (χ3v) is 5.26. The number of aliphatic hydroxyl groups excluding tert-OH is 1. The van der Waals surface area contributed by atoms with Crippen LogP contribution in [0.2, 0.25) is 0 Å². The molecule has 2 fully saturated rings. The molecule has 0 spiro atoms. The maximum atomic E-state index is 10.9. The summed E-state index contributed by atoms with van der Waals surface area (Å²) < 4.78 is 11.2. The Morgan fingerprint density at radius 1 is 1.26 bits per heavy atom. The van der Waals surface area contributed by atoms with Crippen molar-refractivity contribution < 1.29 is 19.7 Å². The molecule has 2 aliphatic heterocycles. The molecule has 128 valence electrons. The number of β-amino-alcohol motifs (C(OH)–C–C–N with tert-alkyl or cyclic N) is 1. The highest BCUT2D eigenvalue weighted by molar-refractivity contribution is 5.44. The van der Waals surface area contributed by atoms with E-state index in [0.717, 1.165) is 29.0 Å². The maximum Gasteiger partial charge on any atom is 0.137 e. The molecule has 0 unspecified atom stereocenters. The molecule has 0 radical (unpaired) electrons. The lowest BCUT2D eigenvalue weighted by Gasteiger charge is -2.47. The normalized spacial score (nSPS) is 29.3. The van der Waals surface area contributed by atoms with E-state index in [4.69, 9.17) is 9.47 Å². The van der Waals surface area contributed by atoms with Crippen molar-refractivity contribution in [2.45, 2.75) is 44.9 Å². The molecule has 1 aromatic rings. The largest absolute Gasteiger partial charge is 0.490 e. The fraction of sp³-hybridized carbons (Fsp3) is 0.667. The Morgan fingerprint density at radius 2 is 1.96 bits per heavy atom. The van der Waals surface area contributed by atoms with Crippen LogP contribution >= 0.6 is 0 Å². The van der Waals surface area contributed by atoms with Crippen LogP contribution in [0, 0.1) is 20.8 Å². The predicted molar refractivity (Wildman–Crippen MR) is 87.9 cm³/mol. The summed E-state index contributed by atoms with van der Waals surface area (Å²) in [6.45, 7) is 8.81. The van der Waals surface area contributed by atoms with Crippen molar-refractivity contribution in [3.05, 3.63) is 28.8 Å². The predicted octanol–water partition coefficient (Wildman–Crippen LogP) is 1.19. The molecule has 0 bridgehead atoms. The van der Waals surface area contributed by atoms with Crippen molar-refractivity contribution in [1.29, 1.82) is 0 Å². The molecule has 2 aliphatic rings. The van der Waals surface area contributed by atoms with Crippen LogP contribution in [0.15, 0.2) is 12.1 Å². The second-order valence-corrected chi connectivity index (χ2v) is 7.01. The second kappa shape index (κ2) is 6.40. The van der Waals surface area contributed by atoms with Gasteiger partial charge in [0.15, 0.2) is 0 Å². The highest BCUT2D eigenvalue weighted by Gasteiger charge is 2.44. The van der Waals surface area contributed by atoms with Gasteiger partial charge in [-0.15, -0.1) is 0 Å². The standard InChI is InChI=1S/C18H27NO4/c1-12-4-5-13(2)17(14(12)3)23-11-18(21)10-19(7-6-16(18)20)15-8-22-9-15/h4-5,15-16,20-21H,6-11H2,1-3H3/t16-,18-/m0/s1. The number of likely N-dealkylation sites (tertiary alicyclic amines) is 1. The minimum absolute atomic E-state index is 0.101. The summed E-state index contributed by atoms with van der Waals surface area (Å²) in [7, 11) is 0. The van der Waals surface area contributed by atoms with Gasteiger partial charge in [-0.3, -0.25) is 4.90 Å². The van der Waals surface area contributed by atoms with Gasteiger partial charge in [0.25, 0.3) is 0 Å². The highest BCUT2D eigenvalue weighted by atomic mass is 16.5. The van der Waals surface area contributed by atoms with Crippen molar-refractivity contribution in [3.8, 4) is 5.75 Å². The Morgan fingerprint density at radius 3 is 2.61 bits per heavy atom. The van der Waals surface area contributed by atoms with E-state index in [9.17, 15) is 10.2 Å². The summed E-state index contributed by atoms with van der Waals surface area (Å²) >= 11 is 0. The fourth-order valence-corrected chi connectivity index (χ4v) is 3.33. The summed E-state index contributed by atoms with van der Waals surface area (Å²) in [6.07, 6.45) is -0.201. The van der Waals surface area contributed by atoms with Gasteiger partial charge in [0.1, 0.15) is 18.0 Å². The lowest BCUT2D eigenvalue weighted by Crippen LogP contribution is -2.64. The van der Waals surface area contributed by atoms with Crippen LogP contribution < -0.4 is 4.74 Å². The second-order valence-electron chi connectivity index (χ2n) is 7.01. The number of aryl methyl sites for hydroxylation is 2. The molecule has 0 amide bonds. The number of rotatable bonds is 4. The van der Waals surface area contributed by atoms with Gasteiger partial charge in [-0.25, -0.2) is 0 Å². The number of piperidine rings is 1. The van der Waals surface area contributed by atoms with Crippen LogP contribution in [0.5, 0.6) is 5.75 Å². The van der Waals surface area contributed by atoms with Gasteiger partial charge in [-0.1, -0.05) is 12.1 Å². The molecule has 0 saturated carbocycles. The summed E-state index contributed by atoms with van der Waals surface area (Å²) in [5.74, 6) is 0.815. The van der Waals surface area contributed by atoms with Gasteiger partial charge in [0.2, 0.25) is 0 Å². The van der Waals surface area contributed by atoms with E-state index in [1.807, 2.05) is 26.8 Å². The van der Waals surface area contributed by atoms with E-state index >= 15 is 0 Å². The van der Waals surface area contributed by atoms with Crippen LogP contribution in [0.3, 0.4) is 0 Å². The van der Waals surface area contributed by atoms with Crippen molar-refractivity contribution in [1.82, 2.24) is 4.90 Å². The van der Waals surface area contributed by atoms with E-state index in [-0.39, 0.29) is 6.61 Å². The summed E-state index contributed by atoms with van der Waals surface area (Å²) in [6, 6.07) is 4.45. The minimum atomic E-state index is -1.24. The third kappa shape index (κ3) is 3.24. The molecule has 3 rings (SSSR count). The highest BCUT2D eigenvalue weighted by Crippen LogP contribution is 2.30. The Kier molecular flexibility index (Phi) is 4.65. The first-order valence-electron chi connectivity index (χ1n) is 8.32. The minimum Gasteiger partial charge on any atom is -0.490 e. The smallest absolute Gasteiger partial charge is 0.137 e. The van der Waals surface area contributed by atoms with Crippen LogP contribution in [0.4, 0.5) is 0 Å². The zero-order chi connectivity index (χ0) is 16.6. The van der Waals surface area contributed by atoms with Gasteiger partial charge in [-0.2, -0.15) is 0 Å². The number of benzene rings is 1. The summed E-state index contributed by atoms with van der Waals surface area (Å²) in [4.78, 5) is 2.20. The number of ether oxygens (including phenoxy) is 2. The molecule has 2 N–H and O–H groups in total. The van der Waals surface area contributed by atoms with Gasteiger partial charge in [0, 0.05) is 13.1 Å². The average molecular weight is 321 g/mol. The SMILES string of the molecule is Cc1ccc(C)c(OC[C@@]2(O)CN(C3COC3)CC[C@@H]2O)c1C. The Hall–Kier alpha value is -1.14. The van der Waals surface area contributed by atoms with E-state index in [1.54, 1.807) is 0 Å². The molecule has 1 aromatic carbocycles. The van der Waals surface area contributed by atoms with Gasteiger partial charge in [-0.05, 0) is 43.9 Å². The lowest BCUT2D eigenvalue weighted by molar-refractivity contribution is -0.167. The van der Waals surface area contributed by atoms with Gasteiger partial charge < -0.3 is 19.7 Å². The molecule has 5 heteroatoms. The van der Waals surface area contributed by atoms with Crippen LogP contribution in [-0.4, -0.2) is 65.8 Å². The van der Waals surface area contributed by atoms with Crippen molar-refractivity contribution in [3.63, 3.8) is 0 Å². The lowest BCUT2D eigenvalue weighted by atomic mass is 9.89. The first kappa shape index (κ1) is 16.7. The number of hydrogen-bond donors (Lipinski definition) is 2. The van der Waals surface area contributed by atoms with Crippen molar-refractivity contribution >= 4 is 0 Å². The van der Waals surface area contributed by atoms with Crippen molar-refractivity contribution in [2.75, 3.05) is 32.9 Å². The molecule has 5 nitrogen and oxygen atoms in total. The van der Waals surface area contributed by atoms with E-state index in [0.29, 0.717) is 32.2 Å². The van der Waals surface area contributed by atoms with E-state index in [2.05, 4.69) is 11.0 Å². The van der Waals surface area contributed by atoms with E-state index < -0.39 is 11.7 Å². The Bertz CT molecular complexity index is 572. The monoisotopic (exact) mass is 321 g/mol. The molecule has 0 aromatic heterocycles. The Balaban J connectivity index is 1.71. The van der Waals surface area contributed by atoms with Crippen LogP contribution in [-0.2, 0) is 4.74 Å². The first-order valence-corrected chi connectivity index (χ1v) is 8.32. The molecule has 23 heavy (non-hydrogen) atoms. The van der Waals surface area contributed by atoms with Crippen molar-refractivity contribution in [2.24, 2.45) is 0 Å². The number of hydrogen-bond acceptors (Lipinski definition) is 5. The van der Waals surface area contributed by atoms with Crippen LogP contribution in [0.1, 0.15) is 23.1 Å². The average Bonchev–Trinajstić information content (AvgIpc) is 2.45. The molecule has 2 heterocycles. The number of nitrogens with zero attached hydrogens (tertiary/aromatic N) is 1. The van der Waals surface area contributed by atoms with Gasteiger partial charge >= 0.3 is 0 Å². The maximum absolute atomic E-state index is 10.9. The quantitative estimate of drug-likeness (QED) is 0.872. The zero-order valence-corrected chi connectivity index (χ0v) is 14.2. The fourth-order valence-electron chi connectivity index (χ4n) is 3.33. The van der Waals surface area contributed by atoms with Crippen LogP contribution in [0.25, 0.3) is 0 Å². The first-order chi connectivity index (χ1) is 10.9.